The Labute approximate surface area is 385 Å². The van der Waals surface area contributed by atoms with Gasteiger partial charge in [0.05, 0.1) is 25.4 Å². The Kier molecular flexibility index (Phi) is 50.1. The van der Waals surface area contributed by atoms with Crippen molar-refractivity contribution in [2.24, 2.45) is 0 Å². The second kappa shape index (κ2) is 51.7. The van der Waals surface area contributed by atoms with Crippen LogP contribution < -0.4 is 5.32 Å². The van der Waals surface area contributed by atoms with Crippen molar-refractivity contribution in [1.82, 2.24) is 5.32 Å². The van der Waals surface area contributed by atoms with E-state index in [9.17, 15) is 19.8 Å². The number of aliphatic hydroxyl groups is 2. The minimum absolute atomic E-state index is 0.00152. The van der Waals surface area contributed by atoms with Crippen LogP contribution in [-0.4, -0.2) is 47.4 Å². The van der Waals surface area contributed by atoms with Crippen molar-refractivity contribution in [2.75, 3.05) is 13.2 Å². The number of esters is 1. The molecule has 0 spiro atoms. The Bertz CT molecular complexity index is 1010. The lowest BCUT2D eigenvalue weighted by atomic mass is 10.1. The first-order valence-corrected chi connectivity index (χ1v) is 27.3. The molecule has 0 heterocycles. The highest BCUT2D eigenvalue weighted by atomic mass is 16.5. The molecule has 0 saturated heterocycles. The van der Waals surface area contributed by atoms with Crippen LogP contribution in [0.1, 0.15) is 284 Å². The second-order valence-electron chi connectivity index (χ2n) is 18.5. The fourth-order valence-corrected chi connectivity index (χ4v) is 8.15. The van der Waals surface area contributed by atoms with Gasteiger partial charge in [0.25, 0.3) is 0 Å². The second-order valence-corrected chi connectivity index (χ2v) is 18.5. The number of rotatable bonds is 50. The molecule has 3 N–H and O–H groups in total. The smallest absolute Gasteiger partial charge is 0.305 e. The van der Waals surface area contributed by atoms with E-state index < -0.39 is 12.1 Å². The van der Waals surface area contributed by atoms with Crippen molar-refractivity contribution in [1.29, 1.82) is 0 Å². The van der Waals surface area contributed by atoms with Gasteiger partial charge in [0, 0.05) is 12.8 Å². The molecule has 2 atom stereocenters. The largest absolute Gasteiger partial charge is 0.466 e. The maximum atomic E-state index is 12.4. The molecule has 62 heavy (non-hydrogen) atoms. The van der Waals surface area contributed by atoms with Gasteiger partial charge >= 0.3 is 5.97 Å². The van der Waals surface area contributed by atoms with E-state index in [2.05, 4.69) is 43.5 Å². The summed E-state index contributed by atoms with van der Waals surface area (Å²) in [5.41, 5.74) is 0. The molecule has 0 fully saturated rings. The van der Waals surface area contributed by atoms with Gasteiger partial charge in [0.1, 0.15) is 0 Å². The molecular formula is C56H105NO5. The van der Waals surface area contributed by atoms with Crippen molar-refractivity contribution in [3.63, 3.8) is 0 Å². The van der Waals surface area contributed by atoms with Gasteiger partial charge in [-0.2, -0.15) is 0 Å². The zero-order chi connectivity index (χ0) is 45.1. The number of amides is 1. The van der Waals surface area contributed by atoms with Gasteiger partial charge in [-0.1, -0.05) is 224 Å². The first-order valence-electron chi connectivity index (χ1n) is 27.3. The number of carbonyl (C=O) groups is 2. The van der Waals surface area contributed by atoms with Gasteiger partial charge in [-0.15, -0.1) is 0 Å². The summed E-state index contributed by atoms with van der Waals surface area (Å²) in [7, 11) is 0. The molecular weight excluding hydrogens is 767 g/mol. The lowest BCUT2D eigenvalue weighted by Gasteiger charge is -2.20. The lowest BCUT2D eigenvalue weighted by molar-refractivity contribution is -0.143. The van der Waals surface area contributed by atoms with Crippen LogP contribution in [0.15, 0.2) is 36.5 Å². The quantitative estimate of drug-likeness (QED) is 0.0321. The van der Waals surface area contributed by atoms with Crippen LogP contribution in [0, 0.1) is 0 Å². The normalized spacial score (nSPS) is 12.9. The van der Waals surface area contributed by atoms with Crippen LogP contribution >= 0.6 is 0 Å². The lowest BCUT2D eigenvalue weighted by Crippen LogP contribution is -2.45. The number of allylic oxidation sites excluding steroid dienone is 5. The van der Waals surface area contributed by atoms with Crippen LogP contribution in [-0.2, 0) is 14.3 Å². The molecule has 0 aromatic heterocycles. The molecule has 6 heteroatoms. The van der Waals surface area contributed by atoms with Crippen molar-refractivity contribution in [2.45, 2.75) is 296 Å². The van der Waals surface area contributed by atoms with Gasteiger partial charge in [-0.25, -0.2) is 0 Å². The number of carbonyl (C=O) groups excluding carboxylic acids is 2. The zero-order valence-corrected chi connectivity index (χ0v) is 41.4. The van der Waals surface area contributed by atoms with E-state index in [1.165, 1.54) is 199 Å². The molecule has 0 radical (unpaired) electrons. The van der Waals surface area contributed by atoms with Crippen molar-refractivity contribution in [3.8, 4) is 0 Å². The van der Waals surface area contributed by atoms with E-state index >= 15 is 0 Å². The van der Waals surface area contributed by atoms with E-state index in [0.717, 1.165) is 57.8 Å². The third kappa shape index (κ3) is 47.6. The topological polar surface area (TPSA) is 95.9 Å². The third-order valence-electron chi connectivity index (χ3n) is 12.4. The number of ether oxygens (including phenoxy) is 1. The standard InChI is InChI=1S/C56H105NO5/c1-3-5-7-9-11-13-14-15-16-17-21-24-27-30-34-38-42-46-50-56(61)62-51-47-43-39-35-31-28-25-22-19-18-20-23-26-29-33-37-41-45-49-55(60)57-53(52-58)54(59)48-44-40-36-32-12-10-8-6-4-2/h16-17,20,23,44,48,53-54,58-59H,3-15,18-19,21-22,24-43,45-47,49-52H2,1-2H3,(H,57,60)/b17-16-,23-20-,48-44+. The molecule has 0 aliphatic carbocycles. The maximum Gasteiger partial charge on any atom is 0.305 e. The van der Waals surface area contributed by atoms with Crippen LogP contribution in [0.5, 0.6) is 0 Å². The van der Waals surface area contributed by atoms with Gasteiger partial charge in [0.15, 0.2) is 0 Å². The summed E-state index contributed by atoms with van der Waals surface area (Å²) in [6.45, 7) is 4.85. The molecule has 0 aliphatic rings. The fourth-order valence-electron chi connectivity index (χ4n) is 8.15. The van der Waals surface area contributed by atoms with Crippen LogP contribution in [0.2, 0.25) is 0 Å². The summed E-state index contributed by atoms with van der Waals surface area (Å²) in [6, 6.07) is -0.636. The monoisotopic (exact) mass is 872 g/mol. The third-order valence-corrected chi connectivity index (χ3v) is 12.4. The summed E-state index contributed by atoms with van der Waals surface area (Å²) in [5.74, 6) is -0.0873. The molecule has 364 valence electrons. The average molecular weight is 872 g/mol. The van der Waals surface area contributed by atoms with Gasteiger partial charge < -0.3 is 20.3 Å². The number of aliphatic hydroxyl groups excluding tert-OH is 2. The molecule has 0 rings (SSSR count). The Balaban J connectivity index is 3.43. The Morgan fingerprint density at radius 3 is 1.15 bits per heavy atom. The van der Waals surface area contributed by atoms with Gasteiger partial charge in [-0.05, 0) is 83.5 Å². The summed E-state index contributed by atoms with van der Waals surface area (Å²) < 4.78 is 5.48. The highest BCUT2D eigenvalue weighted by molar-refractivity contribution is 5.76. The highest BCUT2D eigenvalue weighted by Gasteiger charge is 2.18. The number of unbranched alkanes of at least 4 members (excludes halogenated alkanes) is 35. The van der Waals surface area contributed by atoms with Crippen molar-refractivity contribution in [3.05, 3.63) is 36.5 Å². The van der Waals surface area contributed by atoms with E-state index in [1.807, 2.05) is 6.08 Å². The summed E-state index contributed by atoms with van der Waals surface area (Å²) in [6.07, 6.45) is 63.1. The van der Waals surface area contributed by atoms with E-state index in [0.29, 0.717) is 19.4 Å². The fraction of sp³-hybridized carbons (Fsp3) is 0.857. The minimum Gasteiger partial charge on any atom is -0.466 e. The van der Waals surface area contributed by atoms with Crippen LogP contribution in [0.3, 0.4) is 0 Å². The molecule has 1 amide bonds. The number of nitrogens with one attached hydrogen (secondary N) is 1. The van der Waals surface area contributed by atoms with E-state index in [1.54, 1.807) is 6.08 Å². The van der Waals surface area contributed by atoms with Gasteiger partial charge in [0.2, 0.25) is 5.91 Å². The Morgan fingerprint density at radius 2 is 0.758 bits per heavy atom. The summed E-state index contributed by atoms with van der Waals surface area (Å²) in [5, 5.41) is 22.9. The molecule has 2 unspecified atom stereocenters. The molecule has 0 aromatic carbocycles. The minimum atomic E-state index is -0.851. The predicted molar refractivity (Wildman–Crippen MR) is 269 cm³/mol. The van der Waals surface area contributed by atoms with Crippen molar-refractivity contribution >= 4 is 11.9 Å². The molecule has 0 bridgehead atoms. The first kappa shape index (κ1) is 60.1. The number of hydrogen-bond acceptors (Lipinski definition) is 5. The van der Waals surface area contributed by atoms with E-state index in [-0.39, 0.29) is 18.5 Å². The summed E-state index contributed by atoms with van der Waals surface area (Å²) >= 11 is 0. The average Bonchev–Trinajstić information content (AvgIpc) is 3.27. The summed E-state index contributed by atoms with van der Waals surface area (Å²) in [4.78, 5) is 24.4. The molecule has 0 saturated carbocycles. The first-order chi connectivity index (χ1) is 30.5. The zero-order valence-electron chi connectivity index (χ0n) is 41.4. The van der Waals surface area contributed by atoms with Gasteiger partial charge in [-0.3, -0.25) is 9.59 Å². The van der Waals surface area contributed by atoms with Crippen molar-refractivity contribution < 1.29 is 24.5 Å². The number of hydrogen-bond donors (Lipinski definition) is 3. The highest BCUT2D eigenvalue weighted by Crippen LogP contribution is 2.15. The predicted octanol–water partition coefficient (Wildman–Crippen LogP) is 16.5. The Hall–Kier alpha value is -1.92. The maximum absolute atomic E-state index is 12.4. The molecule has 0 aromatic rings. The molecule has 0 aliphatic heterocycles. The van der Waals surface area contributed by atoms with E-state index in [4.69, 9.17) is 4.74 Å². The SMILES string of the molecule is CCCCCCCCC/C=C\CCCCCCCCCC(=O)OCCCCCCCCCCC/C=C\CCCCCCCC(=O)NC(CO)C(O)/C=C/CCCCCCCCC. The molecule has 6 nitrogen and oxygen atoms in total. The van der Waals surface area contributed by atoms with Crippen LogP contribution in [0.25, 0.3) is 0 Å². The van der Waals surface area contributed by atoms with Crippen LogP contribution in [0.4, 0.5) is 0 Å². The Morgan fingerprint density at radius 1 is 0.435 bits per heavy atom.